The molecule has 5 heteroatoms. The summed E-state index contributed by atoms with van der Waals surface area (Å²) >= 11 is 1.84. The van der Waals surface area contributed by atoms with E-state index in [0.717, 1.165) is 37.5 Å². The van der Waals surface area contributed by atoms with Crippen LogP contribution in [0.4, 0.5) is 5.69 Å². The molecule has 2 fully saturated rings. The predicted octanol–water partition coefficient (Wildman–Crippen LogP) is 1.79. The summed E-state index contributed by atoms with van der Waals surface area (Å²) in [4.78, 5) is 18.3. The van der Waals surface area contributed by atoms with Crippen molar-refractivity contribution >= 4 is 23.4 Å². The molecular weight excluding hydrogens is 294 g/mol. The number of thioether (sulfide) groups is 1. The number of carbonyl (C=O) groups excluding carboxylic acids is 1. The first-order chi connectivity index (χ1) is 10.7. The molecule has 0 radical (unpaired) electrons. The van der Waals surface area contributed by atoms with Gasteiger partial charge in [0.15, 0.2) is 0 Å². The maximum atomic E-state index is 12.8. The SMILES string of the molecule is NC1CCC2CN(CC(=O)N3CCSc4ccccc43)CC12. The van der Waals surface area contributed by atoms with Crippen LogP contribution in [0.25, 0.3) is 0 Å². The van der Waals surface area contributed by atoms with Gasteiger partial charge in [0, 0.05) is 36.3 Å². The molecule has 4 nitrogen and oxygen atoms in total. The van der Waals surface area contributed by atoms with Gasteiger partial charge in [0.25, 0.3) is 0 Å². The molecule has 1 aromatic carbocycles. The molecule has 22 heavy (non-hydrogen) atoms. The van der Waals surface area contributed by atoms with Gasteiger partial charge in [0.2, 0.25) is 5.91 Å². The standard InChI is InChI=1S/C17H23N3OS/c18-14-6-5-12-9-19(10-13(12)14)11-17(21)20-7-8-22-16-4-2-1-3-15(16)20/h1-4,12-14H,5-11,18H2. The molecule has 4 rings (SSSR count). The van der Waals surface area contributed by atoms with Crippen molar-refractivity contribution in [2.24, 2.45) is 17.6 Å². The Morgan fingerprint density at radius 1 is 1.27 bits per heavy atom. The molecule has 118 valence electrons. The average Bonchev–Trinajstić information content (AvgIpc) is 3.08. The Bertz CT molecular complexity index is 579. The van der Waals surface area contributed by atoms with Crippen molar-refractivity contribution in [1.29, 1.82) is 0 Å². The van der Waals surface area contributed by atoms with Crippen molar-refractivity contribution in [1.82, 2.24) is 4.90 Å². The number of amides is 1. The molecule has 0 bridgehead atoms. The van der Waals surface area contributed by atoms with Crippen molar-refractivity contribution in [3.8, 4) is 0 Å². The number of nitrogens with zero attached hydrogens (tertiary/aromatic N) is 2. The minimum atomic E-state index is 0.237. The highest BCUT2D eigenvalue weighted by molar-refractivity contribution is 7.99. The number of benzene rings is 1. The summed E-state index contributed by atoms with van der Waals surface area (Å²) in [6.45, 7) is 3.41. The average molecular weight is 317 g/mol. The van der Waals surface area contributed by atoms with E-state index in [1.54, 1.807) is 0 Å². The van der Waals surface area contributed by atoms with E-state index in [9.17, 15) is 4.79 Å². The van der Waals surface area contributed by atoms with Crippen LogP contribution in [-0.4, -0.2) is 48.8 Å². The second-order valence-electron chi connectivity index (χ2n) is 6.72. The summed E-state index contributed by atoms with van der Waals surface area (Å²) in [6, 6.07) is 8.58. The minimum Gasteiger partial charge on any atom is -0.327 e. The molecular formula is C17H23N3OS. The van der Waals surface area contributed by atoms with Crippen LogP contribution in [0, 0.1) is 11.8 Å². The van der Waals surface area contributed by atoms with Crippen molar-refractivity contribution in [3.63, 3.8) is 0 Å². The quantitative estimate of drug-likeness (QED) is 0.903. The Kier molecular flexibility index (Phi) is 3.88. The Balaban J connectivity index is 1.43. The lowest BCUT2D eigenvalue weighted by Crippen LogP contribution is -2.43. The third-order valence-electron chi connectivity index (χ3n) is 5.38. The van der Waals surface area contributed by atoms with Crippen LogP contribution in [-0.2, 0) is 4.79 Å². The minimum absolute atomic E-state index is 0.237. The van der Waals surface area contributed by atoms with Crippen LogP contribution in [0.3, 0.4) is 0 Å². The van der Waals surface area contributed by atoms with Crippen LogP contribution >= 0.6 is 11.8 Å². The van der Waals surface area contributed by atoms with Crippen LogP contribution in [0.2, 0.25) is 0 Å². The van der Waals surface area contributed by atoms with Gasteiger partial charge in [-0.2, -0.15) is 0 Å². The monoisotopic (exact) mass is 317 g/mol. The summed E-state index contributed by atoms with van der Waals surface area (Å²) < 4.78 is 0. The molecule has 1 saturated carbocycles. The van der Waals surface area contributed by atoms with Crippen molar-refractivity contribution in [3.05, 3.63) is 24.3 Å². The molecule has 2 N–H and O–H groups in total. The fraction of sp³-hybridized carbons (Fsp3) is 0.588. The smallest absolute Gasteiger partial charge is 0.241 e. The number of hydrogen-bond donors (Lipinski definition) is 1. The van der Waals surface area contributed by atoms with Crippen LogP contribution in [0.1, 0.15) is 12.8 Å². The zero-order valence-corrected chi connectivity index (χ0v) is 13.6. The van der Waals surface area contributed by atoms with Gasteiger partial charge in [-0.25, -0.2) is 0 Å². The zero-order valence-electron chi connectivity index (χ0n) is 12.8. The van der Waals surface area contributed by atoms with E-state index < -0.39 is 0 Å². The molecule has 3 aliphatic rings. The lowest BCUT2D eigenvalue weighted by atomic mass is 9.98. The van der Waals surface area contributed by atoms with E-state index in [-0.39, 0.29) is 5.91 Å². The topological polar surface area (TPSA) is 49.6 Å². The van der Waals surface area contributed by atoms with Crippen molar-refractivity contribution < 1.29 is 4.79 Å². The normalized spacial score (nSPS) is 31.1. The lowest BCUT2D eigenvalue weighted by molar-refractivity contribution is -0.119. The fourth-order valence-electron chi connectivity index (χ4n) is 4.23. The third kappa shape index (κ3) is 2.55. The number of hydrogen-bond acceptors (Lipinski definition) is 4. The molecule has 1 amide bonds. The van der Waals surface area contributed by atoms with Gasteiger partial charge >= 0.3 is 0 Å². The summed E-state index contributed by atoms with van der Waals surface area (Å²) in [7, 11) is 0. The first kappa shape index (κ1) is 14.5. The van der Waals surface area contributed by atoms with Gasteiger partial charge in [-0.05, 0) is 36.8 Å². The second-order valence-corrected chi connectivity index (χ2v) is 7.86. The number of fused-ring (bicyclic) bond motifs is 2. The van der Waals surface area contributed by atoms with E-state index in [0.29, 0.717) is 24.4 Å². The van der Waals surface area contributed by atoms with Gasteiger partial charge in [0.1, 0.15) is 0 Å². The first-order valence-corrected chi connectivity index (χ1v) is 9.21. The van der Waals surface area contributed by atoms with Gasteiger partial charge < -0.3 is 10.6 Å². The highest BCUT2D eigenvalue weighted by Gasteiger charge is 2.41. The maximum Gasteiger partial charge on any atom is 0.241 e. The number of para-hydroxylation sites is 1. The van der Waals surface area contributed by atoms with Gasteiger partial charge in [0.05, 0.1) is 12.2 Å². The predicted molar refractivity (Wildman–Crippen MR) is 90.1 cm³/mol. The Morgan fingerprint density at radius 3 is 3.00 bits per heavy atom. The number of rotatable bonds is 2. The Hall–Kier alpha value is -1.04. The summed E-state index contributed by atoms with van der Waals surface area (Å²) in [5.41, 5.74) is 7.28. The molecule has 0 aromatic heterocycles. The number of carbonyl (C=O) groups is 1. The van der Waals surface area contributed by atoms with E-state index in [4.69, 9.17) is 5.73 Å². The van der Waals surface area contributed by atoms with E-state index in [2.05, 4.69) is 17.0 Å². The molecule has 3 unspecified atom stereocenters. The van der Waals surface area contributed by atoms with E-state index in [1.807, 2.05) is 28.8 Å². The molecule has 3 atom stereocenters. The molecule has 1 aromatic rings. The van der Waals surface area contributed by atoms with E-state index in [1.165, 1.54) is 11.3 Å². The third-order valence-corrected chi connectivity index (χ3v) is 6.42. The highest BCUT2D eigenvalue weighted by atomic mass is 32.2. The summed E-state index contributed by atoms with van der Waals surface area (Å²) in [5.74, 6) is 2.55. The van der Waals surface area contributed by atoms with Gasteiger partial charge in [-0.1, -0.05) is 12.1 Å². The molecule has 2 heterocycles. The Labute approximate surface area is 136 Å². The molecule has 1 aliphatic carbocycles. The summed E-state index contributed by atoms with van der Waals surface area (Å²) in [6.07, 6.45) is 2.40. The number of nitrogens with two attached hydrogens (primary N) is 1. The second kappa shape index (κ2) is 5.87. The summed E-state index contributed by atoms with van der Waals surface area (Å²) in [5, 5.41) is 0. The van der Waals surface area contributed by atoms with E-state index >= 15 is 0 Å². The number of likely N-dealkylation sites (tertiary alicyclic amines) is 1. The van der Waals surface area contributed by atoms with Crippen LogP contribution in [0.5, 0.6) is 0 Å². The zero-order chi connectivity index (χ0) is 15.1. The largest absolute Gasteiger partial charge is 0.327 e. The molecule has 2 aliphatic heterocycles. The van der Waals surface area contributed by atoms with Crippen molar-refractivity contribution in [2.75, 3.05) is 36.8 Å². The Morgan fingerprint density at radius 2 is 2.14 bits per heavy atom. The maximum absolute atomic E-state index is 12.8. The molecule has 1 saturated heterocycles. The number of anilines is 1. The van der Waals surface area contributed by atoms with Gasteiger partial charge in [-0.15, -0.1) is 11.8 Å². The van der Waals surface area contributed by atoms with Crippen molar-refractivity contribution in [2.45, 2.75) is 23.8 Å². The fourth-order valence-corrected chi connectivity index (χ4v) is 5.23. The van der Waals surface area contributed by atoms with Gasteiger partial charge in [-0.3, -0.25) is 9.69 Å². The molecule has 0 spiro atoms. The lowest BCUT2D eigenvalue weighted by Gasteiger charge is -2.30. The van der Waals surface area contributed by atoms with Crippen LogP contribution in [0.15, 0.2) is 29.2 Å². The van der Waals surface area contributed by atoms with Crippen LogP contribution < -0.4 is 10.6 Å². The first-order valence-electron chi connectivity index (χ1n) is 8.22. The highest BCUT2D eigenvalue weighted by Crippen LogP contribution is 2.38.